The average molecular weight is 141 g/mol. The van der Waals surface area contributed by atoms with Gasteiger partial charge in [-0.3, -0.25) is 4.66 Å². The first kappa shape index (κ1) is 11.1. The molecule has 0 saturated heterocycles. The van der Waals surface area contributed by atoms with Gasteiger partial charge in [-0.15, -0.1) is 0 Å². The number of hydrogen-bond donors (Lipinski definition) is 2. The Hall–Kier alpha value is 0.210. The third-order valence-corrected chi connectivity index (χ3v) is 0.762. The molecular formula is C5H13ClO2. The highest BCUT2D eigenvalue weighted by Crippen LogP contribution is 1.89. The molecule has 0 heterocycles. The molecule has 0 spiro atoms. The van der Waals surface area contributed by atoms with Gasteiger partial charge in [0.2, 0.25) is 0 Å². The zero-order valence-electron chi connectivity index (χ0n) is 5.10. The number of aliphatic hydroxyl groups is 1. The number of unbranched alkanes of at least 4 members (excludes halogenated alkanes) is 2. The highest BCUT2D eigenvalue weighted by molar-refractivity contribution is 6.04. The minimum absolute atomic E-state index is 0.355. The van der Waals surface area contributed by atoms with Gasteiger partial charge in [0.15, 0.2) is 0 Å². The van der Waals surface area contributed by atoms with Crippen LogP contribution in [0.4, 0.5) is 0 Å². The summed E-state index contributed by atoms with van der Waals surface area (Å²) in [5, 5.41) is 8.20. The summed E-state index contributed by atoms with van der Waals surface area (Å²) < 4.78 is 6.47. The maximum absolute atomic E-state index is 8.20. The molecule has 2 nitrogen and oxygen atoms in total. The Balaban J connectivity index is 0. The van der Waals surface area contributed by atoms with Crippen molar-refractivity contribution >= 4 is 11.9 Å². The summed E-state index contributed by atoms with van der Waals surface area (Å²) in [5.41, 5.74) is 0. The summed E-state index contributed by atoms with van der Waals surface area (Å²) in [6, 6.07) is 0. The van der Waals surface area contributed by atoms with Crippen LogP contribution in [-0.4, -0.2) is 16.4 Å². The lowest BCUT2D eigenvalue weighted by Gasteiger charge is -1.85. The van der Waals surface area contributed by atoms with E-state index in [0.717, 1.165) is 12.8 Å². The molecule has 0 fully saturated rings. The fourth-order valence-electron chi connectivity index (χ4n) is 0.362. The standard InChI is InChI=1S/C5H12O.ClHO/c1-2-3-4-5-6;1-2/h6H,2-5H2,1H3;2H. The molecule has 0 amide bonds. The van der Waals surface area contributed by atoms with Crippen LogP contribution in [-0.2, 0) is 0 Å². The van der Waals surface area contributed by atoms with Crippen molar-refractivity contribution in [3.05, 3.63) is 0 Å². The predicted molar refractivity (Wildman–Crippen MR) is 34.7 cm³/mol. The Morgan fingerprint density at radius 1 is 1.25 bits per heavy atom. The van der Waals surface area contributed by atoms with Crippen LogP contribution in [0.5, 0.6) is 0 Å². The minimum Gasteiger partial charge on any atom is -0.396 e. The van der Waals surface area contributed by atoms with Gasteiger partial charge in [-0.1, -0.05) is 19.8 Å². The highest BCUT2D eigenvalue weighted by atomic mass is 35.5. The zero-order valence-corrected chi connectivity index (χ0v) is 5.86. The van der Waals surface area contributed by atoms with Gasteiger partial charge in [0.05, 0.1) is 11.9 Å². The van der Waals surface area contributed by atoms with Gasteiger partial charge in [-0.2, -0.15) is 0 Å². The SMILES string of the molecule is CCCCCO.OCl. The molecule has 0 radical (unpaired) electrons. The van der Waals surface area contributed by atoms with Crippen LogP contribution in [0, 0.1) is 0 Å². The van der Waals surface area contributed by atoms with Crippen molar-refractivity contribution in [2.24, 2.45) is 0 Å². The number of hydrogen-bond acceptors (Lipinski definition) is 2. The summed E-state index contributed by atoms with van der Waals surface area (Å²) >= 11 is 3.64. The van der Waals surface area contributed by atoms with Crippen LogP contribution in [0.2, 0.25) is 0 Å². The molecule has 0 aromatic rings. The van der Waals surface area contributed by atoms with E-state index in [1.165, 1.54) is 6.42 Å². The van der Waals surface area contributed by atoms with Gasteiger partial charge in [0.1, 0.15) is 0 Å². The lowest BCUT2D eigenvalue weighted by molar-refractivity contribution is 0.284. The molecule has 0 saturated carbocycles. The second kappa shape index (κ2) is 15.7. The maximum Gasteiger partial charge on any atom is 0.0579 e. The van der Waals surface area contributed by atoms with Crippen LogP contribution in [0.1, 0.15) is 26.2 Å². The smallest absolute Gasteiger partial charge is 0.0579 e. The third-order valence-electron chi connectivity index (χ3n) is 0.762. The maximum atomic E-state index is 8.20. The molecule has 0 aliphatic rings. The molecule has 2 N–H and O–H groups in total. The van der Waals surface area contributed by atoms with Crippen molar-refractivity contribution in [3.63, 3.8) is 0 Å². The second-order valence-electron chi connectivity index (χ2n) is 1.43. The molecule has 0 aromatic heterocycles. The van der Waals surface area contributed by atoms with Crippen molar-refractivity contribution in [1.82, 2.24) is 0 Å². The van der Waals surface area contributed by atoms with Crippen LogP contribution < -0.4 is 0 Å². The van der Waals surface area contributed by atoms with E-state index in [9.17, 15) is 0 Å². The Kier molecular flexibility index (Phi) is 21.7. The van der Waals surface area contributed by atoms with Crippen LogP contribution in [0.15, 0.2) is 0 Å². The highest BCUT2D eigenvalue weighted by Gasteiger charge is 1.76. The van der Waals surface area contributed by atoms with Crippen molar-refractivity contribution in [2.75, 3.05) is 6.61 Å². The predicted octanol–water partition coefficient (Wildman–Crippen LogP) is 1.30. The molecule has 0 rings (SSSR count). The summed E-state index contributed by atoms with van der Waals surface area (Å²) in [4.78, 5) is 0. The average Bonchev–Trinajstić information content (AvgIpc) is 1.88. The number of halogens is 1. The normalized spacial score (nSPS) is 7.50. The topological polar surface area (TPSA) is 40.5 Å². The fraction of sp³-hybridized carbons (Fsp3) is 1.00. The van der Waals surface area contributed by atoms with E-state index in [1.54, 1.807) is 0 Å². The molecular weight excluding hydrogens is 128 g/mol. The minimum atomic E-state index is 0.355. The van der Waals surface area contributed by atoms with Crippen molar-refractivity contribution < 1.29 is 9.77 Å². The Labute approximate surface area is 55.3 Å². The van der Waals surface area contributed by atoms with Crippen molar-refractivity contribution in [2.45, 2.75) is 26.2 Å². The molecule has 0 unspecified atom stereocenters. The van der Waals surface area contributed by atoms with Crippen molar-refractivity contribution in [3.8, 4) is 0 Å². The largest absolute Gasteiger partial charge is 0.396 e. The monoisotopic (exact) mass is 140 g/mol. The molecule has 3 heteroatoms. The van der Waals surface area contributed by atoms with Crippen LogP contribution >= 0.6 is 11.9 Å². The Morgan fingerprint density at radius 2 is 1.75 bits per heavy atom. The summed E-state index contributed by atoms with van der Waals surface area (Å²) in [6.07, 6.45) is 3.33. The van der Waals surface area contributed by atoms with Crippen LogP contribution in [0.3, 0.4) is 0 Å². The molecule has 0 atom stereocenters. The third kappa shape index (κ3) is 16.4. The van der Waals surface area contributed by atoms with E-state index >= 15 is 0 Å². The van der Waals surface area contributed by atoms with Crippen LogP contribution in [0.25, 0.3) is 0 Å². The molecule has 0 bridgehead atoms. The van der Waals surface area contributed by atoms with Gasteiger partial charge in [0, 0.05) is 6.61 Å². The lowest BCUT2D eigenvalue weighted by Crippen LogP contribution is -1.78. The number of rotatable bonds is 3. The van der Waals surface area contributed by atoms with E-state index < -0.39 is 0 Å². The van der Waals surface area contributed by atoms with E-state index in [1.807, 2.05) is 0 Å². The fourth-order valence-corrected chi connectivity index (χ4v) is 0.362. The molecule has 0 aliphatic carbocycles. The van der Waals surface area contributed by atoms with E-state index in [2.05, 4.69) is 18.8 Å². The van der Waals surface area contributed by atoms with E-state index in [4.69, 9.17) is 9.77 Å². The van der Waals surface area contributed by atoms with E-state index in [0.29, 0.717) is 6.61 Å². The molecule has 0 aromatic carbocycles. The molecule has 0 aliphatic heterocycles. The van der Waals surface area contributed by atoms with Gasteiger partial charge in [0.25, 0.3) is 0 Å². The van der Waals surface area contributed by atoms with Gasteiger partial charge >= 0.3 is 0 Å². The first-order valence-electron chi connectivity index (χ1n) is 2.69. The van der Waals surface area contributed by atoms with E-state index in [-0.39, 0.29) is 0 Å². The van der Waals surface area contributed by atoms with Gasteiger partial charge < -0.3 is 5.11 Å². The zero-order chi connectivity index (χ0) is 6.83. The van der Waals surface area contributed by atoms with Gasteiger partial charge in [-0.05, 0) is 6.42 Å². The summed E-state index contributed by atoms with van der Waals surface area (Å²) in [5.74, 6) is 0. The molecule has 8 heavy (non-hydrogen) atoms. The van der Waals surface area contributed by atoms with Crippen molar-refractivity contribution in [1.29, 1.82) is 0 Å². The lowest BCUT2D eigenvalue weighted by atomic mass is 10.3. The summed E-state index contributed by atoms with van der Waals surface area (Å²) in [7, 11) is 0. The van der Waals surface area contributed by atoms with Gasteiger partial charge in [-0.25, -0.2) is 0 Å². The second-order valence-corrected chi connectivity index (χ2v) is 1.43. The number of aliphatic hydroxyl groups excluding tert-OH is 1. The molecule has 52 valence electrons. The first-order valence-corrected chi connectivity index (χ1v) is 3.03. The quantitative estimate of drug-likeness (QED) is 0.581. The first-order chi connectivity index (χ1) is 3.91. The summed E-state index contributed by atoms with van der Waals surface area (Å²) in [6.45, 7) is 2.48. The Bertz CT molecular complexity index is 22.4. The Morgan fingerprint density at radius 3 is 1.88 bits per heavy atom.